The molecule has 2 aromatic rings. The van der Waals surface area contributed by atoms with Crippen molar-refractivity contribution in [1.29, 1.82) is 0 Å². The number of nitrogens with zero attached hydrogens (tertiary/aromatic N) is 4. The van der Waals surface area contributed by atoms with Crippen molar-refractivity contribution in [3.63, 3.8) is 0 Å². The number of hydrogen-bond acceptors (Lipinski definition) is 3. The minimum absolute atomic E-state index is 0.169. The van der Waals surface area contributed by atoms with Gasteiger partial charge in [-0.25, -0.2) is 4.39 Å². The van der Waals surface area contributed by atoms with E-state index in [0.29, 0.717) is 25.5 Å². The van der Waals surface area contributed by atoms with Gasteiger partial charge in [-0.1, -0.05) is 22.0 Å². The molecule has 0 fully saturated rings. The Bertz CT molecular complexity index is 758. The molecule has 0 radical (unpaired) electrons. The van der Waals surface area contributed by atoms with E-state index in [1.165, 1.54) is 6.07 Å². The van der Waals surface area contributed by atoms with Crippen LogP contribution < -0.4 is 10.6 Å². The van der Waals surface area contributed by atoms with Gasteiger partial charge in [0.1, 0.15) is 11.6 Å². The molecule has 6 nitrogen and oxygen atoms in total. The summed E-state index contributed by atoms with van der Waals surface area (Å²) in [5.41, 5.74) is 0.729. The van der Waals surface area contributed by atoms with Gasteiger partial charge < -0.3 is 15.2 Å². The molecule has 0 bridgehead atoms. The van der Waals surface area contributed by atoms with Crippen molar-refractivity contribution in [2.45, 2.75) is 38.8 Å². The number of aryl methyl sites for hydroxylation is 2. The third-order valence-corrected chi connectivity index (χ3v) is 4.75. The Kier molecular flexibility index (Phi) is 6.01. The lowest BCUT2D eigenvalue weighted by Gasteiger charge is -2.12. The molecule has 2 N–H and O–H groups in total. The summed E-state index contributed by atoms with van der Waals surface area (Å²) in [5.74, 6) is 2.55. The van der Waals surface area contributed by atoms with E-state index in [4.69, 9.17) is 0 Å². The van der Waals surface area contributed by atoms with Crippen molar-refractivity contribution in [1.82, 2.24) is 25.4 Å². The molecule has 0 saturated carbocycles. The Balaban J connectivity index is 1.42. The molecule has 8 heteroatoms. The van der Waals surface area contributed by atoms with Gasteiger partial charge in [0.25, 0.3) is 0 Å². The maximum absolute atomic E-state index is 13.8. The number of nitrogens with one attached hydrogen (secondary N) is 2. The van der Waals surface area contributed by atoms with E-state index in [1.54, 1.807) is 7.05 Å². The second-order valence-corrected chi connectivity index (χ2v) is 6.90. The third-order valence-electron chi connectivity index (χ3n) is 4.25. The first-order chi connectivity index (χ1) is 12.2. The number of aliphatic imine (C=N–C) groups is 1. The molecule has 0 spiro atoms. The predicted molar refractivity (Wildman–Crippen MR) is 99.0 cm³/mol. The highest BCUT2D eigenvalue weighted by Crippen LogP contribution is 2.16. The van der Waals surface area contributed by atoms with Gasteiger partial charge in [0.05, 0.1) is 6.54 Å². The molecular formula is C17H22BrFN6. The molecule has 1 aliphatic heterocycles. The maximum Gasteiger partial charge on any atom is 0.191 e. The summed E-state index contributed by atoms with van der Waals surface area (Å²) in [6.45, 7) is 2.30. The van der Waals surface area contributed by atoms with E-state index >= 15 is 0 Å². The van der Waals surface area contributed by atoms with Crippen LogP contribution in [-0.4, -0.2) is 34.3 Å². The number of fused-ring (bicyclic) bond motifs is 1. The van der Waals surface area contributed by atoms with E-state index in [2.05, 4.69) is 46.3 Å². The fourth-order valence-corrected chi connectivity index (χ4v) is 3.27. The summed E-state index contributed by atoms with van der Waals surface area (Å²) in [7, 11) is 1.73. The highest BCUT2D eigenvalue weighted by Gasteiger charge is 2.17. The Morgan fingerprint density at radius 1 is 1.36 bits per heavy atom. The Morgan fingerprint density at radius 2 is 2.24 bits per heavy atom. The minimum atomic E-state index is -0.169. The van der Waals surface area contributed by atoms with Crippen LogP contribution in [0.4, 0.5) is 4.39 Å². The van der Waals surface area contributed by atoms with Gasteiger partial charge in [-0.3, -0.25) is 4.99 Å². The molecule has 3 rings (SSSR count). The lowest BCUT2D eigenvalue weighted by atomic mass is 10.1. The second-order valence-electron chi connectivity index (χ2n) is 5.98. The minimum Gasteiger partial charge on any atom is -0.356 e. The first-order valence-electron chi connectivity index (χ1n) is 8.47. The molecule has 0 saturated heterocycles. The van der Waals surface area contributed by atoms with Crippen molar-refractivity contribution in [2.75, 3.05) is 13.6 Å². The summed E-state index contributed by atoms with van der Waals surface area (Å²) in [4.78, 5) is 4.21. The van der Waals surface area contributed by atoms with Crippen molar-refractivity contribution in [2.24, 2.45) is 4.99 Å². The molecule has 1 aliphatic rings. The van der Waals surface area contributed by atoms with Crippen molar-refractivity contribution in [3.8, 4) is 0 Å². The zero-order chi connectivity index (χ0) is 17.6. The van der Waals surface area contributed by atoms with Gasteiger partial charge in [-0.15, -0.1) is 10.2 Å². The van der Waals surface area contributed by atoms with Gasteiger partial charge in [0.15, 0.2) is 11.8 Å². The number of benzene rings is 1. The molecule has 0 unspecified atom stereocenters. The number of aromatic nitrogens is 3. The van der Waals surface area contributed by atoms with Gasteiger partial charge in [0.2, 0.25) is 0 Å². The van der Waals surface area contributed by atoms with Crippen molar-refractivity contribution >= 4 is 21.9 Å². The zero-order valence-corrected chi connectivity index (χ0v) is 15.8. The molecule has 25 heavy (non-hydrogen) atoms. The zero-order valence-electron chi connectivity index (χ0n) is 14.2. The standard InChI is InChI=1S/C17H22BrFN6/c1-20-17(22-11-16-24-23-15-5-3-9-25(15)16)21-8-2-4-12-6-7-13(18)10-14(12)19/h6-7,10H,2-5,8-9,11H2,1H3,(H2,20,21,22). The monoisotopic (exact) mass is 408 g/mol. The average molecular weight is 409 g/mol. The van der Waals surface area contributed by atoms with Crippen molar-refractivity contribution in [3.05, 3.63) is 45.7 Å². The SMILES string of the molecule is CN=C(NCCCc1ccc(Br)cc1F)NCc1nnc2n1CCC2. The number of halogens is 2. The highest BCUT2D eigenvalue weighted by atomic mass is 79.9. The summed E-state index contributed by atoms with van der Waals surface area (Å²) in [6, 6.07) is 5.18. The van der Waals surface area contributed by atoms with Gasteiger partial charge in [-0.05, 0) is 37.0 Å². The van der Waals surface area contributed by atoms with Crippen LogP contribution in [0.15, 0.2) is 27.7 Å². The molecular weight excluding hydrogens is 387 g/mol. The van der Waals surface area contributed by atoms with Gasteiger partial charge >= 0.3 is 0 Å². The van der Waals surface area contributed by atoms with Crippen LogP contribution in [0.2, 0.25) is 0 Å². The van der Waals surface area contributed by atoms with Crippen LogP contribution >= 0.6 is 15.9 Å². The molecule has 0 aliphatic carbocycles. The summed E-state index contributed by atoms with van der Waals surface area (Å²) < 4.78 is 16.7. The normalized spacial score (nSPS) is 13.8. The lowest BCUT2D eigenvalue weighted by Crippen LogP contribution is -2.38. The maximum atomic E-state index is 13.8. The Morgan fingerprint density at radius 3 is 3.04 bits per heavy atom. The van der Waals surface area contributed by atoms with Crippen molar-refractivity contribution < 1.29 is 4.39 Å². The molecule has 134 valence electrons. The van der Waals surface area contributed by atoms with E-state index in [0.717, 1.165) is 47.5 Å². The first kappa shape index (κ1) is 17.8. The van der Waals surface area contributed by atoms with E-state index < -0.39 is 0 Å². The molecule has 1 aromatic heterocycles. The van der Waals surface area contributed by atoms with Crippen LogP contribution in [0.25, 0.3) is 0 Å². The van der Waals surface area contributed by atoms with Crippen LogP contribution in [0.1, 0.15) is 30.1 Å². The lowest BCUT2D eigenvalue weighted by molar-refractivity contribution is 0.601. The molecule has 0 amide bonds. The summed E-state index contributed by atoms with van der Waals surface area (Å²) >= 11 is 3.27. The molecule has 2 heterocycles. The average Bonchev–Trinajstić information content (AvgIpc) is 3.20. The summed E-state index contributed by atoms with van der Waals surface area (Å²) in [6.07, 6.45) is 3.64. The van der Waals surface area contributed by atoms with Crippen LogP contribution in [0.3, 0.4) is 0 Å². The van der Waals surface area contributed by atoms with E-state index in [-0.39, 0.29) is 5.82 Å². The number of guanidine groups is 1. The Labute approximate surface area is 155 Å². The smallest absolute Gasteiger partial charge is 0.191 e. The van der Waals surface area contributed by atoms with Gasteiger partial charge in [-0.2, -0.15) is 0 Å². The fraction of sp³-hybridized carbons (Fsp3) is 0.471. The van der Waals surface area contributed by atoms with Crippen LogP contribution in [0.5, 0.6) is 0 Å². The third kappa shape index (κ3) is 4.56. The topological polar surface area (TPSA) is 67.1 Å². The van der Waals surface area contributed by atoms with Gasteiger partial charge in [0, 0.05) is 31.0 Å². The van der Waals surface area contributed by atoms with E-state index in [1.807, 2.05) is 12.1 Å². The van der Waals surface area contributed by atoms with E-state index in [9.17, 15) is 4.39 Å². The van der Waals surface area contributed by atoms with Crippen LogP contribution in [-0.2, 0) is 25.9 Å². The largest absolute Gasteiger partial charge is 0.356 e. The molecule has 0 atom stereocenters. The summed E-state index contributed by atoms with van der Waals surface area (Å²) in [5, 5.41) is 14.9. The fourth-order valence-electron chi connectivity index (χ4n) is 2.93. The highest BCUT2D eigenvalue weighted by molar-refractivity contribution is 9.10. The Hall–Kier alpha value is -1.96. The predicted octanol–water partition coefficient (Wildman–Crippen LogP) is 2.42. The number of hydrogen-bond donors (Lipinski definition) is 2. The first-order valence-corrected chi connectivity index (χ1v) is 9.26. The van der Waals surface area contributed by atoms with Crippen LogP contribution in [0, 0.1) is 5.82 Å². The quantitative estimate of drug-likeness (QED) is 0.437. The number of rotatable bonds is 6. The molecule has 1 aromatic carbocycles. The second kappa shape index (κ2) is 8.42.